The van der Waals surface area contributed by atoms with Gasteiger partial charge in [-0.15, -0.1) is 0 Å². The lowest BCUT2D eigenvalue weighted by atomic mass is 10.0. The predicted molar refractivity (Wildman–Crippen MR) is 50.6 cm³/mol. The minimum atomic E-state index is -0.511. The first-order chi connectivity index (χ1) is 6.16. The van der Waals surface area contributed by atoms with Crippen LogP contribution in [0.1, 0.15) is 25.5 Å². The van der Waals surface area contributed by atoms with Gasteiger partial charge in [-0.1, -0.05) is 13.8 Å². The number of aliphatic hydroxyl groups excluding tert-OH is 1. The lowest BCUT2D eigenvalue weighted by Crippen LogP contribution is -2.07. The minimum Gasteiger partial charge on any atom is -0.481 e. The van der Waals surface area contributed by atoms with Crippen LogP contribution in [-0.4, -0.2) is 17.2 Å². The lowest BCUT2D eigenvalue weighted by Gasteiger charge is -2.16. The second kappa shape index (κ2) is 4.23. The third-order valence-electron chi connectivity index (χ3n) is 1.94. The maximum Gasteiger partial charge on any atom is 0.218 e. The van der Waals surface area contributed by atoms with E-state index in [9.17, 15) is 5.11 Å². The first-order valence-corrected chi connectivity index (χ1v) is 4.33. The van der Waals surface area contributed by atoms with Gasteiger partial charge in [0.2, 0.25) is 5.88 Å². The summed E-state index contributed by atoms with van der Waals surface area (Å²) in [4.78, 5) is 4.02. The monoisotopic (exact) mass is 181 g/mol. The van der Waals surface area contributed by atoms with Gasteiger partial charge in [0.25, 0.3) is 0 Å². The molecule has 0 bridgehead atoms. The van der Waals surface area contributed by atoms with Gasteiger partial charge in [-0.3, -0.25) is 0 Å². The molecule has 1 aromatic rings. The molecule has 1 atom stereocenters. The molecule has 0 aromatic carbocycles. The van der Waals surface area contributed by atoms with Crippen LogP contribution in [0.3, 0.4) is 0 Å². The third-order valence-corrected chi connectivity index (χ3v) is 1.94. The Kier molecular flexibility index (Phi) is 3.25. The van der Waals surface area contributed by atoms with E-state index >= 15 is 0 Å². The largest absolute Gasteiger partial charge is 0.481 e. The zero-order valence-corrected chi connectivity index (χ0v) is 8.19. The molecule has 0 aliphatic heterocycles. The molecule has 0 spiro atoms. The van der Waals surface area contributed by atoms with Crippen LogP contribution in [0.2, 0.25) is 0 Å². The topological polar surface area (TPSA) is 42.4 Å². The van der Waals surface area contributed by atoms with Gasteiger partial charge in [-0.25, -0.2) is 4.98 Å². The Morgan fingerprint density at radius 2 is 2.15 bits per heavy atom. The van der Waals surface area contributed by atoms with Crippen molar-refractivity contribution >= 4 is 0 Å². The first-order valence-electron chi connectivity index (χ1n) is 4.33. The minimum absolute atomic E-state index is 0.165. The summed E-state index contributed by atoms with van der Waals surface area (Å²) >= 11 is 0. The highest BCUT2D eigenvalue weighted by molar-refractivity contribution is 5.27. The van der Waals surface area contributed by atoms with Crippen LogP contribution in [0.4, 0.5) is 0 Å². The number of pyridine rings is 1. The molecule has 1 aromatic heterocycles. The van der Waals surface area contributed by atoms with Gasteiger partial charge in [0.05, 0.1) is 13.2 Å². The number of aromatic nitrogens is 1. The van der Waals surface area contributed by atoms with Crippen LogP contribution in [0, 0.1) is 5.92 Å². The van der Waals surface area contributed by atoms with Gasteiger partial charge < -0.3 is 9.84 Å². The zero-order chi connectivity index (χ0) is 9.84. The summed E-state index contributed by atoms with van der Waals surface area (Å²) in [6.07, 6.45) is 1.14. The molecular weight excluding hydrogens is 166 g/mol. The SMILES string of the molecule is COc1ncccc1C(O)C(C)C. The number of nitrogens with zero attached hydrogens (tertiary/aromatic N) is 1. The Morgan fingerprint density at radius 1 is 1.46 bits per heavy atom. The number of hydrogen-bond donors (Lipinski definition) is 1. The molecule has 72 valence electrons. The molecule has 3 heteroatoms. The molecule has 3 nitrogen and oxygen atoms in total. The van der Waals surface area contributed by atoms with E-state index in [1.807, 2.05) is 19.9 Å². The summed E-state index contributed by atoms with van der Waals surface area (Å²) in [5.41, 5.74) is 0.750. The summed E-state index contributed by atoms with van der Waals surface area (Å²) in [7, 11) is 1.55. The van der Waals surface area contributed by atoms with Crippen molar-refractivity contribution in [1.29, 1.82) is 0 Å². The molecule has 1 heterocycles. The van der Waals surface area contributed by atoms with Gasteiger partial charge in [0.1, 0.15) is 0 Å². The summed E-state index contributed by atoms with van der Waals surface area (Å²) in [5, 5.41) is 9.79. The Morgan fingerprint density at radius 3 is 2.69 bits per heavy atom. The van der Waals surface area contributed by atoms with Crippen LogP contribution < -0.4 is 4.74 Å². The number of aliphatic hydroxyl groups is 1. The highest BCUT2D eigenvalue weighted by Crippen LogP contribution is 2.27. The molecule has 0 fully saturated rings. The van der Waals surface area contributed by atoms with Gasteiger partial charge in [0, 0.05) is 11.8 Å². The van der Waals surface area contributed by atoms with E-state index in [4.69, 9.17) is 4.74 Å². The van der Waals surface area contributed by atoms with E-state index in [-0.39, 0.29) is 5.92 Å². The van der Waals surface area contributed by atoms with E-state index in [0.29, 0.717) is 5.88 Å². The van der Waals surface area contributed by atoms with E-state index in [0.717, 1.165) is 5.56 Å². The van der Waals surface area contributed by atoms with Gasteiger partial charge in [-0.2, -0.15) is 0 Å². The molecule has 1 N–H and O–H groups in total. The standard InChI is InChI=1S/C10H15NO2/c1-7(2)9(12)8-5-4-6-11-10(8)13-3/h4-7,9,12H,1-3H3. The van der Waals surface area contributed by atoms with Crippen molar-refractivity contribution in [3.8, 4) is 5.88 Å². The average Bonchev–Trinajstić information content (AvgIpc) is 2.16. The summed E-state index contributed by atoms with van der Waals surface area (Å²) in [6.45, 7) is 3.91. The van der Waals surface area contributed by atoms with Crippen LogP contribution in [0.25, 0.3) is 0 Å². The van der Waals surface area contributed by atoms with Crippen molar-refractivity contribution in [2.75, 3.05) is 7.11 Å². The Hall–Kier alpha value is -1.09. The highest BCUT2D eigenvalue weighted by atomic mass is 16.5. The van der Waals surface area contributed by atoms with Crippen molar-refractivity contribution in [1.82, 2.24) is 4.98 Å². The van der Waals surface area contributed by atoms with Crippen molar-refractivity contribution in [2.24, 2.45) is 5.92 Å². The van der Waals surface area contributed by atoms with Crippen LogP contribution in [0.5, 0.6) is 5.88 Å². The molecule has 0 aliphatic rings. The zero-order valence-electron chi connectivity index (χ0n) is 8.19. The number of methoxy groups -OCH3 is 1. The smallest absolute Gasteiger partial charge is 0.218 e. The third kappa shape index (κ3) is 2.18. The second-order valence-corrected chi connectivity index (χ2v) is 3.29. The van der Waals surface area contributed by atoms with Gasteiger partial charge >= 0.3 is 0 Å². The summed E-state index contributed by atoms with van der Waals surface area (Å²) < 4.78 is 5.05. The highest BCUT2D eigenvalue weighted by Gasteiger charge is 2.16. The molecule has 13 heavy (non-hydrogen) atoms. The van der Waals surface area contributed by atoms with Crippen molar-refractivity contribution in [3.63, 3.8) is 0 Å². The molecular formula is C10H15NO2. The maximum absolute atomic E-state index is 9.79. The number of ether oxygens (including phenoxy) is 1. The quantitative estimate of drug-likeness (QED) is 0.772. The fourth-order valence-corrected chi connectivity index (χ4v) is 1.16. The number of rotatable bonds is 3. The summed E-state index contributed by atoms with van der Waals surface area (Å²) in [5.74, 6) is 0.668. The van der Waals surface area contributed by atoms with Gasteiger partial charge in [-0.05, 0) is 18.1 Å². The Bertz CT molecular complexity index is 273. The normalized spacial score (nSPS) is 13.0. The average molecular weight is 181 g/mol. The molecule has 1 rings (SSSR count). The second-order valence-electron chi connectivity index (χ2n) is 3.29. The van der Waals surface area contributed by atoms with Crippen molar-refractivity contribution in [2.45, 2.75) is 20.0 Å². The van der Waals surface area contributed by atoms with Crippen LogP contribution in [0.15, 0.2) is 18.3 Å². The van der Waals surface area contributed by atoms with E-state index < -0.39 is 6.10 Å². The van der Waals surface area contributed by atoms with Crippen molar-refractivity contribution in [3.05, 3.63) is 23.9 Å². The van der Waals surface area contributed by atoms with Crippen LogP contribution >= 0.6 is 0 Å². The molecule has 0 aliphatic carbocycles. The van der Waals surface area contributed by atoms with Gasteiger partial charge in [0.15, 0.2) is 0 Å². The predicted octanol–water partition coefficient (Wildman–Crippen LogP) is 1.78. The summed E-state index contributed by atoms with van der Waals surface area (Å²) in [6, 6.07) is 3.62. The first kappa shape index (κ1) is 9.99. The van der Waals surface area contributed by atoms with E-state index in [1.165, 1.54) is 0 Å². The fraction of sp³-hybridized carbons (Fsp3) is 0.500. The lowest BCUT2D eigenvalue weighted by molar-refractivity contribution is 0.123. The number of hydrogen-bond acceptors (Lipinski definition) is 3. The van der Waals surface area contributed by atoms with Crippen LogP contribution in [-0.2, 0) is 0 Å². The Balaban J connectivity index is 2.98. The molecule has 0 saturated carbocycles. The van der Waals surface area contributed by atoms with E-state index in [2.05, 4.69) is 4.98 Å². The molecule has 1 unspecified atom stereocenters. The van der Waals surface area contributed by atoms with Crippen molar-refractivity contribution < 1.29 is 9.84 Å². The Labute approximate surface area is 78.4 Å². The maximum atomic E-state index is 9.79. The fourth-order valence-electron chi connectivity index (χ4n) is 1.16. The molecule has 0 radical (unpaired) electrons. The van der Waals surface area contributed by atoms with E-state index in [1.54, 1.807) is 19.4 Å². The molecule has 0 amide bonds. The molecule has 0 saturated heterocycles.